The molecule has 0 radical (unpaired) electrons. The van der Waals surface area contributed by atoms with Crippen LogP contribution in [0.15, 0.2) is 47.6 Å². The lowest BCUT2D eigenvalue weighted by Crippen LogP contribution is -2.15. The van der Waals surface area contributed by atoms with Crippen LogP contribution in [0.25, 0.3) is 0 Å². The molecular weight excluding hydrogens is 264 g/mol. The van der Waals surface area contributed by atoms with Gasteiger partial charge in [-0.1, -0.05) is 35.0 Å². The zero-order chi connectivity index (χ0) is 15.4. The number of carbonyl (C=O) groups excluding carboxylic acids is 1. The Balaban J connectivity index is 2.12. The molecule has 0 atom stereocenters. The molecule has 4 nitrogen and oxygen atoms in total. The maximum atomic E-state index is 11.9. The van der Waals surface area contributed by atoms with Gasteiger partial charge in [0.05, 0.1) is 5.56 Å². The van der Waals surface area contributed by atoms with E-state index in [1.807, 2.05) is 51.1 Å². The van der Waals surface area contributed by atoms with E-state index in [1.54, 1.807) is 12.1 Å². The first-order valence-corrected chi connectivity index (χ1v) is 6.66. The van der Waals surface area contributed by atoms with E-state index in [-0.39, 0.29) is 5.84 Å². The second kappa shape index (κ2) is 6.22. The summed E-state index contributed by atoms with van der Waals surface area (Å²) in [5, 5.41) is 3.71. The lowest BCUT2D eigenvalue weighted by molar-refractivity contribution is 0.0516. The van der Waals surface area contributed by atoms with Crippen molar-refractivity contribution >= 4 is 11.8 Å². The van der Waals surface area contributed by atoms with Gasteiger partial charge in [0.15, 0.2) is 5.84 Å². The first-order chi connectivity index (χ1) is 9.97. The molecule has 108 valence electrons. The Morgan fingerprint density at radius 2 is 1.76 bits per heavy atom. The van der Waals surface area contributed by atoms with E-state index in [4.69, 9.17) is 10.6 Å². The van der Waals surface area contributed by atoms with Gasteiger partial charge >= 0.3 is 5.97 Å². The van der Waals surface area contributed by atoms with Crippen molar-refractivity contribution in [1.82, 2.24) is 0 Å². The Morgan fingerprint density at radius 1 is 1.00 bits per heavy atom. The van der Waals surface area contributed by atoms with Crippen LogP contribution in [0.4, 0.5) is 0 Å². The van der Waals surface area contributed by atoms with Crippen LogP contribution < -0.4 is 5.73 Å². The molecule has 0 aliphatic carbocycles. The molecule has 0 saturated carbocycles. The van der Waals surface area contributed by atoms with E-state index in [0.29, 0.717) is 5.56 Å². The number of benzene rings is 2. The van der Waals surface area contributed by atoms with Gasteiger partial charge in [-0.15, -0.1) is 0 Å². The Labute approximate surface area is 124 Å². The molecule has 0 saturated heterocycles. The number of oxime groups is 1. The number of amidine groups is 1. The van der Waals surface area contributed by atoms with Gasteiger partial charge in [0.25, 0.3) is 0 Å². The van der Waals surface area contributed by atoms with Gasteiger partial charge in [0.1, 0.15) is 0 Å². The molecule has 0 aliphatic heterocycles. The zero-order valence-corrected chi connectivity index (χ0v) is 12.4. The minimum absolute atomic E-state index is 0.177. The van der Waals surface area contributed by atoms with E-state index >= 15 is 0 Å². The Bertz CT molecular complexity index is 706. The Hall–Kier alpha value is -2.62. The maximum Gasteiger partial charge on any atom is 0.365 e. The molecule has 0 amide bonds. The fourth-order valence-corrected chi connectivity index (χ4v) is 1.87. The zero-order valence-electron chi connectivity index (χ0n) is 12.4. The van der Waals surface area contributed by atoms with Crippen LogP contribution in [-0.4, -0.2) is 11.8 Å². The minimum Gasteiger partial charge on any atom is -0.380 e. The van der Waals surface area contributed by atoms with Crippen LogP contribution in [-0.2, 0) is 4.84 Å². The molecule has 0 aliphatic rings. The highest BCUT2D eigenvalue weighted by Gasteiger charge is 2.09. The number of rotatable bonds is 3. The molecule has 2 aromatic rings. The minimum atomic E-state index is -0.520. The number of hydrogen-bond acceptors (Lipinski definition) is 3. The van der Waals surface area contributed by atoms with E-state index in [9.17, 15) is 4.79 Å². The van der Waals surface area contributed by atoms with E-state index in [1.165, 1.54) is 0 Å². The predicted molar refractivity (Wildman–Crippen MR) is 83.2 cm³/mol. The number of hydrogen-bond donors (Lipinski definition) is 1. The van der Waals surface area contributed by atoms with Crippen LogP contribution in [0.1, 0.15) is 32.6 Å². The monoisotopic (exact) mass is 282 g/mol. The summed E-state index contributed by atoms with van der Waals surface area (Å²) in [6.45, 7) is 5.88. The summed E-state index contributed by atoms with van der Waals surface area (Å²) >= 11 is 0. The summed E-state index contributed by atoms with van der Waals surface area (Å²) in [6.07, 6.45) is 0. The quantitative estimate of drug-likeness (QED) is 0.407. The van der Waals surface area contributed by atoms with Gasteiger partial charge in [0, 0.05) is 5.56 Å². The second-order valence-electron chi connectivity index (χ2n) is 5.02. The summed E-state index contributed by atoms with van der Waals surface area (Å²) in [4.78, 5) is 16.8. The third-order valence-corrected chi connectivity index (χ3v) is 3.28. The molecule has 2 aromatic carbocycles. The van der Waals surface area contributed by atoms with Crippen molar-refractivity contribution in [2.45, 2.75) is 20.8 Å². The van der Waals surface area contributed by atoms with Crippen LogP contribution in [0, 0.1) is 20.8 Å². The van der Waals surface area contributed by atoms with Crippen molar-refractivity contribution < 1.29 is 9.63 Å². The summed E-state index contributed by atoms with van der Waals surface area (Å²) < 4.78 is 0. The maximum absolute atomic E-state index is 11.9. The second-order valence-corrected chi connectivity index (χ2v) is 5.02. The van der Waals surface area contributed by atoms with Gasteiger partial charge in [-0.3, -0.25) is 0 Å². The van der Waals surface area contributed by atoms with Gasteiger partial charge in [-0.25, -0.2) is 4.79 Å². The highest BCUT2D eigenvalue weighted by Crippen LogP contribution is 2.11. The van der Waals surface area contributed by atoms with Crippen LogP contribution >= 0.6 is 0 Å². The van der Waals surface area contributed by atoms with Gasteiger partial charge in [0.2, 0.25) is 0 Å². The smallest absolute Gasteiger partial charge is 0.365 e. The highest BCUT2D eigenvalue weighted by atomic mass is 16.7. The molecule has 0 fully saturated rings. The van der Waals surface area contributed by atoms with Crippen LogP contribution in [0.3, 0.4) is 0 Å². The van der Waals surface area contributed by atoms with E-state index in [2.05, 4.69) is 5.16 Å². The van der Waals surface area contributed by atoms with Gasteiger partial charge < -0.3 is 10.6 Å². The molecule has 21 heavy (non-hydrogen) atoms. The first kappa shape index (κ1) is 14.8. The summed E-state index contributed by atoms with van der Waals surface area (Å²) in [7, 11) is 0. The van der Waals surface area contributed by atoms with Crippen LogP contribution in [0.2, 0.25) is 0 Å². The van der Waals surface area contributed by atoms with Gasteiger partial charge in [-0.05, 0) is 50.1 Å². The van der Waals surface area contributed by atoms with Crippen molar-refractivity contribution in [3.05, 3.63) is 70.3 Å². The molecule has 0 heterocycles. The summed E-state index contributed by atoms with van der Waals surface area (Å²) in [5.74, 6) is -0.343. The average Bonchev–Trinajstić information content (AvgIpc) is 2.47. The van der Waals surface area contributed by atoms with E-state index < -0.39 is 5.97 Å². The lowest BCUT2D eigenvalue weighted by atomic mass is 10.1. The largest absolute Gasteiger partial charge is 0.380 e. The molecule has 2 N–H and O–H groups in total. The fourth-order valence-electron chi connectivity index (χ4n) is 1.87. The molecular formula is C17H18N2O2. The third-order valence-electron chi connectivity index (χ3n) is 3.28. The molecule has 0 aromatic heterocycles. The standard InChI is InChI=1S/C17H18N2O2/c1-11-5-4-6-14(9-11)16(18)19-21-17(20)15-8-7-12(2)13(3)10-15/h4-10H,1-3H3,(H2,18,19). The lowest BCUT2D eigenvalue weighted by Gasteiger charge is -2.04. The topological polar surface area (TPSA) is 64.7 Å². The molecule has 0 unspecified atom stereocenters. The third kappa shape index (κ3) is 3.69. The van der Waals surface area contributed by atoms with Crippen LogP contribution in [0.5, 0.6) is 0 Å². The summed E-state index contributed by atoms with van der Waals surface area (Å²) in [6, 6.07) is 12.9. The van der Waals surface area contributed by atoms with Crippen molar-refractivity contribution in [3.63, 3.8) is 0 Å². The fraction of sp³-hybridized carbons (Fsp3) is 0.176. The normalized spacial score (nSPS) is 11.3. The molecule has 4 heteroatoms. The number of aryl methyl sites for hydroxylation is 3. The van der Waals surface area contributed by atoms with Crippen molar-refractivity contribution in [2.75, 3.05) is 0 Å². The molecule has 0 bridgehead atoms. The number of carbonyl (C=O) groups is 1. The van der Waals surface area contributed by atoms with Gasteiger partial charge in [-0.2, -0.15) is 0 Å². The SMILES string of the molecule is Cc1cccc(/C(N)=N\OC(=O)c2ccc(C)c(C)c2)c1. The molecule has 2 rings (SSSR count). The average molecular weight is 282 g/mol. The number of nitrogens with two attached hydrogens (primary N) is 1. The molecule has 0 spiro atoms. The van der Waals surface area contributed by atoms with Crippen molar-refractivity contribution in [1.29, 1.82) is 0 Å². The van der Waals surface area contributed by atoms with Crippen molar-refractivity contribution in [3.8, 4) is 0 Å². The first-order valence-electron chi connectivity index (χ1n) is 6.66. The van der Waals surface area contributed by atoms with E-state index in [0.717, 1.165) is 22.3 Å². The Morgan fingerprint density at radius 3 is 2.43 bits per heavy atom. The predicted octanol–water partition coefficient (Wildman–Crippen LogP) is 3.09. The Kier molecular flexibility index (Phi) is 4.38. The number of nitrogens with zero attached hydrogens (tertiary/aromatic N) is 1. The van der Waals surface area contributed by atoms with Crippen molar-refractivity contribution in [2.24, 2.45) is 10.9 Å². The summed E-state index contributed by atoms with van der Waals surface area (Å²) in [5.41, 5.74) is 10.2. The highest BCUT2D eigenvalue weighted by molar-refractivity contribution is 5.98.